The van der Waals surface area contributed by atoms with E-state index in [1.807, 2.05) is 13.1 Å². The minimum Gasteiger partial charge on any atom is -0.316 e. The van der Waals surface area contributed by atoms with Crippen LogP contribution in [0.3, 0.4) is 0 Å². The van der Waals surface area contributed by atoms with Crippen molar-refractivity contribution in [2.45, 2.75) is 17.2 Å². The van der Waals surface area contributed by atoms with E-state index in [9.17, 15) is 4.39 Å². The summed E-state index contributed by atoms with van der Waals surface area (Å²) in [6.07, 6.45) is 0. The summed E-state index contributed by atoms with van der Waals surface area (Å²) in [6, 6.07) is 13.3. The van der Waals surface area contributed by atoms with Gasteiger partial charge in [0.15, 0.2) is 0 Å². The topological polar surface area (TPSA) is 12.0 Å². The molecule has 0 radical (unpaired) electrons. The molecule has 0 amide bonds. The van der Waals surface area contributed by atoms with E-state index in [1.54, 1.807) is 11.8 Å². The molecule has 1 N–H and O–H groups in total. The Morgan fingerprint density at radius 2 is 1.89 bits per heavy atom. The molecule has 0 aliphatic heterocycles. The zero-order valence-corrected chi connectivity index (χ0v) is 13.0. The smallest absolute Gasteiger partial charge is 0.124 e. The summed E-state index contributed by atoms with van der Waals surface area (Å²) in [4.78, 5) is 1.22. The van der Waals surface area contributed by atoms with Crippen LogP contribution in [0.25, 0.3) is 0 Å². The normalized spacial score (nSPS) is 10.7. The van der Waals surface area contributed by atoms with Gasteiger partial charge in [-0.25, -0.2) is 4.39 Å². The van der Waals surface area contributed by atoms with Crippen LogP contribution in [-0.2, 0) is 12.3 Å². The lowest BCUT2D eigenvalue weighted by molar-refractivity contribution is 0.626. The van der Waals surface area contributed by atoms with Gasteiger partial charge in [0.25, 0.3) is 0 Å². The third-order valence-corrected chi connectivity index (χ3v) is 4.51. The summed E-state index contributed by atoms with van der Waals surface area (Å²) in [7, 11) is 1.94. The number of thioether (sulfide) groups is 1. The van der Waals surface area contributed by atoms with Gasteiger partial charge in [-0.1, -0.05) is 34.1 Å². The first kappa shape index (κ1) is 14.6. The lowest BCUT2D eigenvalue weighted by Gasteiger charge is -2.06. The Morgan fingerprint density at radius 3 is 2.53 bits per heavy atom. The van der Waals surface area contributed by atoms with Crippen molar-refractivity contribution in [1.82, 2.24) is 5.32 Å². The molecule has 2 rings (SSSR count). The summed E-state index contributed by atoms with van der Waals surface area (Å²) >= 11 is 5.14. The fraction of sp³-hybridized carbons (Fsp3) is 0.200. The Hall–Kier alpha value is -0.840. The van der Waals surface area contributed by atoms with Crippen LogP contribution in [0.2, 0.25) is 0 Å². The standard InChI is InChI=1S/C15H15BrFNS/c1-18-9-11-2-6-14(7-3-11)19-10-12-4-5-13(17)8-15(12)16/h2-8,18H,9-10H2,1H3. The third-order valence-electron chi connectivity index (χ3n) is 2.71. The minimum atomic E-state index is -0.211. The van der Waals surface area contributed by atoms with Crippen LogP contribution in [0, 0.1) is 5.82 Å². The van der Waals surface area contributed by atoms with E-state index in [1.165, 1.54) is 22.6 Å². The van der Waals surface area contributed by atoms with E-state index in [0.717, 1.165) is 22.3 Å². The molecule has 0 bridgehead atoms. The first-order chi connectivity index (χ1) is 9.19. The Balaban J connectivity index is 1.98. The van der Waals surface area contributed by atoms with Crippen molar-refractivity contribution in [3.05, 3.63) is 63.9 Å². The van der Waals surface area contributed by atoms with Crippen molar-refractivity contribution in [2.75, 3.05) is 7.05 Å². The van der Waals surface area contributed by atoms with Crippen molar-refractivity contribution in [3.8, 4) is 0 Å². The van der Waals surface area contributed by atoms with E-state index < -0.39 is 0 Å². The highest BCUT2D eigenvalue weighted by Crippen LogP contribution is 2.27. The molecule has 0 atom stereocenters. The highest BCUT2D eigenvalue weighted by Gasteiger charge is 2.03. The second-order valence-corrected chi connectivity index (χ2v) is 6.10. The molecule has 2 aromatic rings. The molecule has 0 heterocycles. The second kappa shape index (κ2) is 7.08. The first-order valence-corrected chi connectivity index (χ1v) is 7.77. The number of hydrogen-bond donors (Lipinski definition) is 1. The average molecular weight is 340 g/mol. The van der Waals surface area contributed by atoms with Crippen molar-refractivity contribution in [3.63, 3.8) is 0 Å². The highest BCUT2D eigenvalue weighted by atomic mass is 79.9. The van der Waals surface area contributed by atoms with Crippen molar-refractivity contribution < 1.29 is 4.39 Å². The zero-order valence-electron chi connectivity index (χ0n) is 10.6. The number of nitrogens with one attached hydrogen (secondary N) is 1. The summed E-state index contributed by atoms with van der Waals surface area (Å²) in [6.45, 7) is 0.883. The molecule has 0 spiro atoms. The van der Waals surface area contributed by atoms with Gasteiger partial charge in [0, 0.05) is 21.7 Å². The molecule has 0 aromatic heterocycles. The lowest BCUT2D eigenvalue weighted by Crippen LogP contribution is -2.04. The molecule has 0 aliphatic rings. The van der Waals surface area contributed by atoms with E-state index in [2.05, 4.69) is 45.5 Å². The maximum absolute atomic E-state index is 13.0. The van der Waals surface area contributed by atoms with Gasteiger partial charge in [0.1, 0.15) is 5.82 Å². The molecule has 19 heavy (non-hydrogen) atoms. The van der Waals surface area contributed by atoms with Crippen LogP contribution in [-0.4, -0.2) is 7.05 Å². The largest absolute Gasteiger partial charge is 0.316 e. The molecule has 0 aliphatic carbocycles. The molecular weight excluding hydrogens is 325 g/mol. The second-order valence-electron chi connectivity index (χ2n) is 4.20. The number of rotatable bonds is 5. The van der Waals surface area contributed by atoms with Crippen molar-refractivity contribution in [1.29, 1.82) is 0 Å². The SMILES string of the molecule is CNCc1ccc(SCc2ccc(F)cc2Br)cc1. The molecule has 4 heteroatoms. The van der Waals surface area contributed by atoms with Crippen LogP contribution in [0.4, 0.5) is 4.39 Å². The number of hydrogen-bond acceptors (Lipinski definition) is 2. The van der Waals surface area contributed by atoms with Gasteiger partial charge in [-0.3, -0.25) is 0 Å². The van der Waals surface area contributed by atoms with Crippen LogP contribution >= 0.6 is 27.7 Å². The molecule has 100 valence electrons. The maximum atomic E-state index is 13.0. The van der Waals surface area contributed by atoms with Gasteiger partial charge in [-0.05, 0) is 42.4 Å². The number of benzene rings is 2. The van der Waals surface area contributed by atoms with Crippen molar-refractivity contribution >= 4 is 27.7 Å². The van der Waals surface area contributed by atoms with Crippen molar-refractivity contribution in [2.24, 2.45) is 0 Å². The lowest BCUT2D eigenvalue weighted by atomic mass is 10.2. The van der Waals surface area contributed by atoms with Crippen LogP contribution in [0.5, 0.6) is 0 Å². The summed E-state index contributed by atoms with van der Waals surface area (Å²) in [5.41, 5.74) is 2.38. The Kier molecular flexibility index (Phi) is 5.43. The number of halogens is 2. The average Bonchev–Trinajstić information content (AvgIpc) is 2.40. The van der Waals surface area contributed by atoms with Gasteiger partial charge in [-0.2, -0.15) is 0 Å². The van der Waals surface area contributed by atoms with E-state index in [0.29, 0.717) is 0 Å². The molecule has 0 saturated carbocycles. The first-order valence-electron chi connectivity index (χ1n) is 5.99. The third kappa shape index (κ3) is 4.34. The molecular formula is C15H15BrFNS. The minimum absolute atomic E-state index is 0.211. The predicted octanol–water partition coefficient (Wildman–Crippen LogP) is 4.60. The maximum Gasteiger partial charge on any atom is 0.124 e. The summed E-state index contributed by atoms with van der Waals surface area (Å²) in [5.74, 6) is 0.615. The zero-order chi connectivity index (χ0) is 13.7. The Bertz CT molecular complexity index is 542. The highest BCUT2D eigenvalue weighted by molar-refractivity contribution is 9.10. The predicted molar refractivity (Wildman–Crippen MR) is 82.9 cm³/mol. The molecule has 0 saturated heterocycles. The quantitative estimate of drug-likeness (QED) is 0.799. The Morgan fingerprint density at radius 1 is 1.16 bits per heavy atom. The monoisotopic (exact) mass is 339 g/mol. The van der Waals surface area contributed by atoms with Gasteiger partial charge in [0.05, 0.1) is 0 Å². The fourth-order valence-electron chi connectivity index (χ4n) is 1.71. The molecule has 0 unspecified atom stereocenters. The van der Waals surface area contributed by atoms with Crippen LogP contribution in [0.15, 0.2) is 51.8 Å². The van der Waals surface area contributed by atoms with E-state index in [4.69, 9.17) is 0 Å². The summed E-state index contributed by atoms with van der Waals surface area (Å²) in [5, 5.41) is 3.13. The Labute approximate surface area is 125 Å². The van der Waals surface area contributed by atoms with E-state index in [-0.39, 0.29) is 5.82 Å². The van der Waals surface area contributed by atoms with Gasteiger partial charge >= 0.3 is 0 Å². The fourth-order valence-corrected chi connectivity index (χ4v) is 3.29. The van der Waals surface area contributed by atoms with Gasteiger partial charge in [-0.15, -0.1) is 11.8 Å². The van der Waals surface area contributed by atoms with Crippen LogP contribution < -0.4 is 5.32 Å². The summed E-state index contributed by atoms with van der Waals surface area (Å²) < 4.78 is 13.8. The molecule has 1 nitrogen and oxygen atoms in total. The van der Waals surface area contributed by atoms with Gasteiger partial charge in [0.2, 0.25) is 0 Å². The molecule has 2 aromatic carbocycles. The van der Waals surface area contributed by atoms with Crippen LogP contribution in [0.1, 0.15) is 11.1 Å². The van der Waals surface area contributed by atoms with E-state index >= 15 is 0 Å². The molecule has 0 fully saturated rings. The van der Waals surface area contributed by atoms with Gasteiger partial charge < -0.3 is 5.32 Å².